The number of nitrogens with zero attached hydrogens (tertiary/aromatic N) is 4. The zero-order valence-corrected chi connectivity index (χ0v) is 16.3. The lowest BCUT2D eigenvalue weighted by molar-refractivity contribution is 0.0732. The lowest BCUT2D eigenvalue weighted by Crippen LogP contribution is -2.51. The predicted molar refractivity (Wildman–Crippen MR) is 100 cm³/mol. The van der Waals surface area contributed by atoms with Gasteiger partial charge in [0.25, 0.3) is 0 Å². The molecule has 1 atom stereocenters. The maximum atomic E-state index is 5.28. The van der Waals surface area contributed by atoms with E-state index in [0.717, 1.165) is 56.6 Å². The second-order valence-corrected chi connectivity index (χ2v) is 7.46. The van der Waals surface area contributed by atoms with E-state index in [-0.39, 0.29) is 0 Å². The van der Waals surface area contributed by atoms with E-state index in [9.17, 15) is 0 Å². The average molecular weight is 364 g/mol. The third kappa shape index (κ3) is 4.54. The topological polar surface area (TPSA) is 85.6 Å². The molecule has 0 bridgehead atoms. The molecule has 8 nitrogen and oxygen atoms in total. The van der Waals surface area contributed by atoms with Crippen molar-refractivity contribution in [2.75, 3.05) is 34.4 Å². The fourth-order valence-corrected chi connectivity index (χ4v) is 3.84. The van der Waals surface area contributed by atoms with E-state index in [2.05, 4.69) is 25.7 Å². The van der Waals surface area contributed by atoms with Gasteiger partial charge in [-0.2, -0.15) is 5.10 Å². The van der Waals surface area contributed by atoms with E-state index in [4.69, 9.17) is 9.47 Å². The van der Waals surface area contributed by atoms with Gasteiger partial charge in [-0.15, -0.1) is 0 Å². The van der Waals surface area contributed by atoms with Crippen LogP contribution >= 0.6 is 0 Å². The maximum Gasteiger partial charge on any atom is 0.191 e. The minimum Gasteiger partial charge on any atom is -0.385 e. The molecule has 0 amide bonds. The minimum atomic E-state index is 0.308. The number of ether oxygens (including phenoxy) is 2. The first-order valence-electron chi connectivity index (χ1n) is 9.56. The van der Waals surface area contributed by atoms with Crippen molar-refractivity contribution in [2.45, 2.75) is 57.7 Å². The molecule has 26 heavy (non-hydrogen) atoms. The minimum absolute atomic E-state index is 0.308. The van der Waals surface area contributed by atoms with Gasteiger partial charge in [-0.1, -0.05) is 6.42 Å². The Morgan fingerprint density at radius 2 is 2.19 bits per heavy atom. The highest BCUT2D eigenvalue weighted by atomic mass is 16.5. The summed E-state index contributed by atoms with van der Waals surface area (Å²) in [5, 5.41) is 11.6. The molecule has 1 saturated carbocycles. The summed E-state index contributed by atoms with van der Waals surface area (Å²) in [5.41, 5.74) is 0.369. The number of fused-ring (bicyclic) bond motifs is 1. The Bertz CT molecular complexity index is 611. The largest absolute Gasteiger partial charge is 0.385 e. The molecular weight excluding hydrogens is 332 g/mol. The molecule has 1 fully saturated rings. The standard InChI is InChI=1S/C18H32N6O2/c1-19-17(20-13-18(7-4-8-18)9-10-25-2)21-14-5-6-16-22-15(12-26-3)23-24(16)11-14/h14H,4-13H2,1-3H3,(H2,19,20,21). The molecule has 1 aromatic heterocycles. The molecule has 0 saturated heterocycles. The maximum absolute atomic E-state index is 5.28. The molecular formula is C18H32N6O2. The summed E-state index contributed by atoms with van der Waals surface area (Å²) in [5.74, 6) is 2.68. The van der Waals surface area contributed by atoms with Crippen LogP contribution in [-0.4, -0.2) is 61.2 Å². The molecule has 0 radical (unpaired) electrons. The van der Waals surface area contributed by atoms with Crippen molar-refractivity contribution < 1.29 is 9.47 Å². The number of aliphatic imine (C=N–C) groups is 1. The van der Waals surface area contributed by atoms with E-state index >= 15 is 0 Å². The van der Waals surface area contributed by atoms with Gasteiger partial charge in [-0.3, -0.25) is 4.99 Å². The van der Waals surface area contributed by atoms with E-state index in [1.807, 2.05) is 11.7 Å². The van der Waals surface area contributed by atoms with Crippen LogP contribution < -0.4 is 10.6 Å². The van der Waals surface area contributed by atoms with E-state index in [1.54, 1.807) is 14.2 Å². The molecule has 0 spiro atoms. The van der Waals surface area contributed by atoms with E-state index in [0.29, 0.717) is 18.1 Å². The van der Waals surface area contributed by atoms with Crippen LogP contribution in [0.4, 0.5) is 0 Å². The number of hydrogen-bond donors (Lipinski definition) is 2. The van der Waals surface area contributed by atoms with Gasteiger partial charge in [-0.25, -0.2) is 9.67 Å². The fraction of sp³-hybridized carbons (Fsp3) is 0.833. The third-order valence-electron chi connectivity index (χ3n) is 5.62. The molecule has 2 heterocycles. The first-order chi connectivity index (χ1) is 12.7. The van der Waals surface area contributed by atoms with Gasteiger partial charge >= 0.3 is 0 Å². The fourth-order valence-electron chi connectivity index (χ4n) is 3.84. The van der Waals surface area contributed by atoms with Gasteiger partial charge in [0.05, 0.1) is 6.54 Å². The highest BCUT2D eigenvalue weighted by Crippen LogP contribution is 2.43. The Hall–Kier alpha value is -1.67. The van der Waals surface area contributed by atoms with Gasteiger partial charge in [0.1, 0.15) is 12.4 Å². The summed E-state index contributed by atoms with van der Waals surface area (Å²) in [7, 11) is 5.28. The van der Waals surface area contributed by atoms with Crippen molar-refractivity contribution in [1.82, 2.24) is 25.4 Å². The molecule has 1 aromatic rings. The molecule has 3 rings (SSSR count). The van der Waals surface area contributed by atoms with Crippen LogP contribution in [0.2, 0.25) is 0 Å². The van der Waals surface area contributed by atoms with Crippen LogP contribution in [0.3, 0.4) is 0 Å². The monoisotopic (exact) mass is 364 g/mol. The molecule has 146 valence electrons. The van der Waals surface area contributed by atoms with Crippen LogP contribution in [0.15, 0.2) is 4.99 Å². The molecule has 1 aliphatic carbocycles. The summed E-state index contributed by atoms with van der Waals surface area (Å²) in [6.45, 7) is 3.05. The Morgan fingerprint density at radius 1 is 1.35 bits per heavy atom. The number of hydrogen-bond acceptors (Lipinski definition) is 5. The second kappa shape index (κ2) is 8.81. The van der Waals surface area contributed by atoms with Crippen LogP contribution in [-0.2, 0) is 29.0 Å². The number of methoxy groups -OCH3 is 2. The highest BCUT2D eigenvalue weighted by molar-refractivity contribution is 5.80. The zero-order chi connectivity index (χ0) is 18.4. The molecule has 2 N–H and O–H groups in total. The number of aryl methyl sites for hydroxylation is 1. The van der Waals surface area contributed by atoms with Gasteiger partial charge < -0.3 is 20.1 Å². The number of aromatic nitrogens is 3. The van der Waals surface area contributed by atoms with E-state index < -0.39 is 0 Å². The Kier molecular flexibility index (Phi) is 6.48. The predicted octanol–water partition coefficient (Wildman–Crippen LogP) is 1.11. The van der Waals surface area contributed by atoms with Gasteiger partial charge in [0.15, 0.2) is 11.8 Å². The van der Waals surface area contributed by atoms with Crippen molar-refractivity contribution in [2.24, 2.45) is 10.4 Å². The number of guanidine groups is 1. The Labute approximate surface area is 155 Å². The average Bonchev–Trinajstić information content (AvgIpc) is 3.01. The lowest BCUT2D eigenvalue weighted by Gasteiger charge is -2.42. The summed E-state index contributed by atoms with van der Waals surface area (Å²) in [4.78, 5) is 8.94. The molecule has 2 aliphatic rings. The van der Waals surface area contributed by atoms with Crippen molar-refractivity contribution in [3.63, 3.8) is 0 Å². The molecule has 1 unspecified atom stereocenters. The van der Waals surface area contributed by atoms with Crippen molar-refractivity contribution in [3.8, 4) is 0 Å². The first-order valence-corrected chi connectivity index (χ1v) is 9.56. The Balaban J connectivity index is 1.50. The quantitative estimate of drug-likeness (QED) is 0.531. The molecule has 1 aliphatic heterocycles. The van der Waals surface area contributed by atoms with Gasteiger partial charge in [0.2, 0.25) is 0 Å². The summed E-state index contributed by atoms with van der Waals surface area (Å²) in [6, 6.07) is 0.308. The van der Waals surface area contributed by atoms with Gasteiger partial charge in [0, 0.05) is 46.9 Å². The smallest absolute Gasteiger partial charge is 0.191 e. The van der Waals surface area contributed by atoms with Crippen molar-refractivity contribution in [3.05, 3.63) is 11.6 Å². The van der Waals surface area contributed by atoms with Crippen LogP contribution in [0.5, 0.6) is 0 Å². The van der Waals surface area contributed by atoms with Crippen LogP contribution in [0.1, 0.15) is 43.8 Å². The number of rotatable bonds is 8. The highest BCUT2D eigenvalue weighted by Gasteiger charge is 2.36. The number of nitrogens with one attached hydrogen (secondary N) is 2. The summed E-state index contributed by atoms with van der Waals surface area (Å²) >= 11 is 0. The second-order valence-electron chi connectivity index (χ2n) is 7.46. The van der Waals surface area contributed by atoms with Crippen molar-refractivity contribution >= 4 is 5.96 Å². The molecule has 8 heteroatoms. The molecule has 0 aromatic carbocycles. The van der Waals surface area contributed by atoms with Crippen molar-refractivity contribution in [1.29, 1.82) is 0 Å². The van der Waals surface area contributed by atoms with Crippen LogP contribution in [0, 0.1) is 5.41 Å². The summed E-state index contributed by atoms with van der Waals surface area (Å²) < 4.78 is 12.4. The SMILES string of the molecule is CN=C(NCC1(CCOC)CCC1)NC1CCc2nc(COC)nn2C1. The Morgan fingerprint density at radius 3 is 2.85 bits per heavy atom. The zero-order valence-electron chi connectivity index (χ0n) is 16.3. The lowest BCUT2D eigenvalue weighted by atomic mass is 9.67. The van der Waals surface area contributed by atoms with E-state index in [1.165, 1.54) is 19.3 Å². The normalized spacial score (nSPS) is 21.8. The van der Waals surface area contributed by atoms with Gasteiger partial charge in [-0.05, 0) is 31.1 Å². The van der Waals surface area contributed by atoms with Crippen LogP contribution in [0.25, 0.3) is 0 Å². The summed E-state index contributed by atoms with van der Waals surface area (Å²) in [6.07, 6.45) is 6.92. The third-order valence-corrected chi connectivity index (χ3v) is 5.62. The first kappa shape index (κ1) is 19.1.